The summed E-state index contributed by atoms with van der Waals surface area (Å²) in [6, 6.07) is 7.48. The van der Waals surface area contributed by atoms with E-state index in [4.69, 9.17) is 4.52 Å². The number of rotatable bonds is 8. The van der Waals surface area contributed by atoms with Gasteiger partial charge in [-0.1, -0.05) is 19.0 Å². The largest absolute Gasteiger partial charge is 0.338 e. The van der Waals surface area contributed by atoms with E-state index in [0.29, 0.717) is 24.3 Å². The van der Waals surface area contributed by atoms with Crippen LogP contribution in [-0.2, 0) is 10.0 Å². The molecule has 0 aliphatic carbocycles. The molecule has 0 fully saturated rings. The third kappa shape index (κ3) is 4.67. The van der Waals surface area contributed by atoms with E-state index in [2.05, 4.69) is 10.5 Å². The summed E-state index contributed by atoms with van der Waals surface area (Å²) < 4.78 is 31.8. The molecule has 2 aromatic rings. The zero-order valence-electron chi connectivity index (χ0n) is 14.7. The van der Waals surface area contributed by atoms with Crippen molar-refractivity contribution in [3.8, 4) is 0 Å². The van der Waals surface area contributed by atoms with Crippen molar-refractivity contribution in [3.05, 3.63) is 41.6 Å². The highest BCUT2D eigenvalue weighted by molar-refractivity contribution is 7.89. The zero-order valence-corrected chi connectivity index (χ0v) is 15.5. The van der Waals surface area contributed by atoms with Crippen LogP contribution in [0.5, 0.6) is 0 Å². The lowest BCUT2D eigenvalue weighted by atomic mass is 10.2. The van der Waals surface area contributed by atoms with Crippen LogP contribution in [0.1, 0.15) is 42.7 Å². The van der Waals surface area contributed by atoms with E-state index >= 15 is 0 Å². The van der Waals surface area contributed by atoms with Crippen molar-refractivity contribution in [1.29, 1.82) is 0 Å². The molecule has 0 aliphatic rings. The fourth-order valence-electron chi connectivity index (χ4n) is 2.38. The monoisotopic (exact) mass is 365 g/mol. The molecule has 1 aromatic carbocycles. The van der Waals surface area contributed by atoms with E-state index in [1.165, 1.54) is 28.6 Å². The molecule has 1 heterocycles. The van der Waals surface area contributed by atoms with Crippen molar-refractivity contribution < 1.29 is 17.7 Å². The van der Waals surface area contributed by atoms with Crippen molar-refractivity contribution >= 4 is 21.8 Å². The van der Waals surface area contributed by atoms with Crippen molar-refractivity contribution in [3.63, 3.8) is 0 Å². The Morgan fingerprint density at radius 1 is 1.16 bits per heavy atom. The Labute approximate surface area is 148 Å². The fourth-order valence-corrected chi connectivity index (χ4v) is 4.01. The Morgan fingerprint density at radius 3 is 2.24 bits per heavy atom. The molecule has 1 aromatic heterocycles. The van der Waals surface area contributed by atoms with Gasteiger partial charge in [-0.2, -0.15) is 4.31 Å². The minimum atomic E-state index is -3.55. The number of benzene rings is 1. The van der Waals surface area contributed by atoms with Crippen molar-refractivity contribution in [2.24, 2.45) is 0 Å². The maximum atomic E-state index is 12.7. The smallest absolute Gasteiger partial charge is 0.258 e. The molecule has 0 saturated heterocycles. The van der Waals surface area contributed by atoms with Crippen LogP contribution in [0.25, 0.3) is 0 Å². The number of sulfonamides is 1. The number of carbonyl (C=O) groups excluding carboxylic acids is 1. The highest BCUT2D eigenvalue weighted by Gasteiger charge is 2.23. The first-order valence-electron chi connectivity index (χ1n) is 8.23. The predicted octanol–water partition coefficient (Wildman–Crippen LogP) is 3.05. The van der Waals surface area contributed by atoms with Crippen LogP contribution in [-0.4, -0.2) is 36.9 Å². The molecule has 25 heavy (non-hydrogen) atoms. The quantitative estimate of drug-likeness (QED) is 0.776. The minimum absolute atomic E-state index is 0.182. The van der Waals surface area contributed by atoms with Gasteiger partial charge in [0, 0.05) is 24.7 Å². The normalized spacial score (nSPS) is 11.7. The first kappa shape index (κ1) is 19.1. The van der Waals surface area contributed by atoms with Gasteiger partial charge in [0.2, 0.25) is 15.9 Å². The lowest BCUT2D eigenvalue weighted by Crippen LogP contribution is -2.32. The molecule has 136 valence electrons. The highest BCUT2D eigenvalue weighted by Crippen LogP contribution is 2.18. The number of amides is 1. The summed E-state index contributed by atoms with van der Waals surface area (Å²) in [7, 11) is -3.55. The van der Waals surface area contributed by atoms with E-state index in [-0.39, 0.29) is 16.7 Å². The molecule has 0 saturated carbocycles. The number of carbonyl (C=O) groups is 1. The summed E-state index contributed by atoms with van der Waals surface area (Å²) >= 11 is 0. The number of aromatic nitrogens is 1. The number of hydrogen-bond donors (Lipinski definition) is 1. The van der Waals surface area contributed by atoms with Crippen molar-refractivity contribution in [2.45, 2.75) is 38.5 Å². The molecule has 0 unspecified atom stereocenters. The average molecular weight is 365 g/mol. The third-order valence-electron chi connectivity index (χ3n) is 3.56. The SMILES string of the molecule is CCCN(CCC)S(=O)(=O)c1ccc(C(=O)Nc2cc(C)no2)cc1. The van der Waals surface area contributed by atoms with Crippen LogP contribution in [0.3, 0.4) is 0 Å². The van der Waals surface area contributed by atoms with Crippen molar-refractivity contribution in [1.82, 2.24) is 9.46 Å². The standard InChI is InChI=1S/C17H23N3O4S/c1-4-10-20(11-5-2)25(22,23)15-8-6-14(7-9-15)17(21)18-16-12-13(3)19-24-16/h6-9,12H,4-5,10-11H2,1-3H3,(H,18,21). The Bertz CT molecular complexity index is 807. The average Bonchev–Trinajstić information content (AvgIpc) is 2.99. The maximum Gasteiger partial charge on any atom is 0.258 e. The van der Waals surface area contributed by atoms with Crippen LogP contribution >= 0.6 is 0 Å². The summed E-state index contributed by atoms with van der Waals surface area (Å²) in [4.78, 5) is 12.3. The van der Waals surface area contributed by atoms with Gasteiger partial charge in [0.05, 0.1) is 10.6 Å². The summed E-state index contributed by atoms with van der Waals surface area (Å²) in [5.41, 5.74) is 0.995. The second kappa shape index (κ2) is 8.26. The second-order valence-electron chi connectivity index (χ2n) is 5.72. The van der Waals surface area contributed by atoms with E-state index in [1.54, 1.807) is 13.0 Å². The highest BCUT2D eigenvalue weighted by atomic mass is 32.2. The third-order valence-corrected chi connectivity index (χ3v) is 5.48. The molecule has 0 atom stereocenters. The lowest BCUT2D eigenvalue weighted by molar-refractivity contribution is 0.102. The Morgan fingerprint density at radius 2 is 1.76 bits per heavy atom. The van der Waals surface area contributed by atoms with Gasteiger partial charge in [-0.15, -0.1) is 0 Å². The fraction of sp³-hybridized carbons (Fsp3) is 0.412. The summed E-state index contributed by atoms with van der Waals surface area (Å²) in [6.45, 7) is 6.58. The second-order valence-corrected chi connectivity index (χ2v) is 7.65. The number of anilines is 1. The molecule has 0 radical (unpaired) electrons. The number of aryl methyl sites for hydroxylation is 1. The molecule has 1 N–H and O–H groups in total. The van der Waals surface area contributed by atoms with Gasteiger partial charge < -0.3 is 4.52 Å². The van der Waals surface area contributed by atoms with Gasteiger partial charge in [0.15, 0.2) is 0 Å². The zero-order chi connectivity index (χ0) is 18.4. The molecule has 8 heteroatoms. The van der Waals surface area contributed by atoms with Crippen LogP contribution in [0, 0.1) is 6.92 Å². The summed E-state index contributed by atoms with van der Waals surface area (Å²) in [5.74, 6) is -0.143. The molecular weight excluding hydrogens is 342 g/mol. The summed E-state index contributed by atoms with van der Waals surface area (Å²) in [5, 5.41) is 6.26. The topological polar surface area (TPSA) is 92.5 Å². The van der Waals surface area contributed by atoms with Gasteiger partial charge in [0.25, 0.3) is 5.91 Å². The Balaban J connectivity index is 2.16. The number of nitrogens with one attached hydrogen (secondary N) is 1. The lowest BCUT2D eigenvalue weighted by Gasteiger charge is -2.21. The summed E-state index contributed by atoms with van der Waals surface area (Å²) in [6.07, 6.45) is 1.49. The molecule has 1 amide bonds. The predicted molar refractivity (Wildman–Crippen MR) is 95.0 cm³/mol. The van der Waals surface area contributed by atoms with Crippen LogP contribution < -0.4 is 5.32 Å². The van der Waals surface area contributed by atoms with Crippen molar-refractivity contribution in [2.75, 3.05) is 18.4 Å². The molecule has 0 spiro atoms. The van der Waals surface area contributed by atoms with E-state index in [9.17, 15) is 13.2 Å². The molecule has 0 aliphatic heterocycles. The van der Waals surface area contributed by atoms with Gasteiger partial charge in [0.1, 0.15) is 0 Å². The molecule has 7 nitrogen and oxygen atoms in total. The maximum absolute atomic E-state index is 12.7. The minimum Gasteiger partial charge on any atom is -0.338 e. The van der Waals surface area contributed by atoms with Gasteiger partial charge in [-0.3, -0.25) is 10.1 Å². The van der Waals surface area contributed by atoms with E-state index in [0.717, 1.165) is 12.8 Å². The first-order valence-corrected chi connectivity index (χ1v) is 9.67. The number of nitrogens with zero attached hydrogens (tertiary/aromatic N) is 2. The van der Waals surface area contributed by atoms with Crippen LogP contribution in [0.2, 0.25) is 0 Å². The van der Waals surface area contributed by atoms with Crippen LogP contribution in [0.15, 0.2) is 39.8 Å². The van der Waals surface area contributed by atoms with Crippen LogP contribution in [0.4, 0.5) is 5.88 Å². The molecule has 2 rings (SSSR count). The molecular formula is C17H23N3O4S. The van der Waals surface area contributed by atoms with Gasteiger partial charge in [-0.25, -0.2) is 8.42 Å². The van der Waals surface area contributed by atoms with Gasteiger partial charge >= 0.3 is 0 Å². The van der Waals surface area contributed by atoms with Gasteiger partial charge in [-0.05, 0) is 44.0 Å². The molecule has 0 bridgehead atoms. The first-order chi connectivity index (χ1) is 11.9. The Kier molecular flexibility index (Phi) is 6.33. The Hall–Kier alpha value is -2.19. The van der Waals surface area contributed by atoms with E-state index in [1.807, 2.05) is 13.8 Å². The van der Waals surface area contributed by atoms with E-state index < -0.39 is 10.0 Å². The number of hydrogen-bond acceptors (Lipinski definition) is 5.